The highest BCUT2D eigenvalue weighted by Gasteiger charge is 2.22. The van der Waals surface area contributed by atoms with Crippen LogP contribution in [-0.4, -0.2) is 27.4 Å². The van der Waals surface area contributed by atoms with E-state index in [4.69, 9.17) is 11.6 Å². The number of nitrogens with zero attached hydrogens (tertiary/aromatic N) is 3. The monoisotopic (exact) mass is 329 g/mol. The van der Waals surface area contributed by atoms with Gasteiger partial charge in [-0.3, -0.25) is 9.82 Å². The number of sulfonamides is 1. The number of fused-ring (bicyclic) bond motifs is 1. The number of aromatic amines is 1. The molecule has 0 bridgehead atoms. The number of benzene rings is 1. The Morgan fingerprint density at radius 2 is 2.15 bits per heavy atom. The summed E-state index contributed by atoms with van der Waals surface area (Å²) in [6.45, 7) is 1.62. The third kappa shape index (κ3) is 2.13. The molecule has 0 amide bonds. The highest BCUT2D eigenvalue weighted by molar-refractivity contribution is 7.92. The van der Waals surface area contributed by atoms with Gasteiger partial charge in [-0.25, -0.2) is 8.42 Å². The summed E-state index contributed by atoms with van der Waals surface area (Å²) in [7, 11) is -3.78. The number of anilines is 1. The fourth-order valence-corrected chi connectivity index (χ4v) is 3.75. The van der Waals surface area contributed by atoms with Gasteiger partial charge in [0.1, 0.15) is 15.9 Å². The SMILES string of the molecule is Cc1[nH]ncc1S(=O)(=O)Nc1c(Cl)ccc2nsnc12. The van der Waals surface area contributed by atoms with Crippen molar-refractivity contribution in [1.82, 2.24) is 18.9 Å². The standard InChI is InChI=1S/C10H8ClN5O2S2/c1-5-8(4-12-13-5)20(17,18)16-9-6(11)2-3-7-10(9)15-19-14-7/h2-4,16H,1H3,(H,12,13). The first-order chi connectivity index (χ1) is 9.49. The fraction of sp³-hybridized carbons (Fsp3) is 0.100. The molecular formula is C10H8ClN5O2S2. The summed E-state index contributed by atoms with van der Waals surface area (Å²) in [5, 5.41) is 6.54. The Labute approximate surface area is 123 Å². The number of hydrogen-bond acceptors (Lipinski definition) is 6. The lowest BCUT2D eigenvalue weighted by atomic mass is 10.3. The van der Waals surface area contributed by atoms with Gasteiger partial charge in [0.25, 0.3) is 10.0 Å². The van der Waals surface area contributed by atoms with Crippen LogP contribution in [0.5, 0.6) is 0 Å². The Hall–Kier alpha value is -1.71. The van der Waals surface area contributed by atoms with Crippen molar-refractivity contribution in [3.63, 3.8) is 0 Å². The number of halogens is 1. The molecule has 0 spiro atoms. The van der Waals surface area contributed by atoms with Crippen LogP contribution in [0, 0.1) is 6.92 Å². The molecule has 10 heteroatoms. The Morgan fingerprint density at radius 1 is 1.35 bits per heavy atom. The van der Waals surface area contributed by atoms with E-state index in [1.807, 2.05) is 0 Å². The molecule has 3 aromatic rings. The third-order valence-electron chi connectivity index (χ3n) is 2.69. The Balaban J connectivity index is 2.12. The van der Waals surface area contributed by atoms with Crippen molar-refractivity contribution in [1.29, 1.82) is 0 Å². The minimum Gasteiger partial charge on any atom is -0.281 e. The van der Waals surface area contributed by atoms with Crippen LogP contribution in [0.25, 0.3) is 11.0 Å². The van der Waals surface area contributed by atoms with Gasteiger partial charge in [0.15, 0.2) is 0 Å². The lowest BCUT2D eigenvalue weighted by Gasteiger charge is -2.09. The Morgan fingerprint density at radius 3 is 2.85 bits per heavy atom. The summed E-state index contributed by atoms with van der Waals surface area (Å²) in [6, 6.07) is 3.26. The number of aryl methyl sites for hydroxylation is 1. The molecule has 20 heavy (non-hydrogen) atoms. The van der Waals surface area contributed by atoms with E-state index >= 15 is 0 Å². The first kappa shape index (κ1) is 13.3. The largest absolute Gasteiger partial charge is 0.281 e. The average Bonchev–Trinajstić information content (AvgIpc) is 3.01. The van der Waals surface area contributed by atoms with Gasteiger partial charge >= 0.3 is 0 Å². The molecular weight excluding hydrogens is 322 g/mol. The van der Waals surface area contributed by atoms with Gasteiger partial charge in [0, 0.05) is 0 Å². The zero-order chi connectivity index (χ0) is 14.3. The van der Waals surface area contributed by atoms with Crippen LogP contribution in [0.3, 0.4) is 0 Å². The predicted octanol–water partition coefficient (Wildman–Crippen LogP) is 2.18. The normalized spacial score (nSPS) is 11.9. The number of aromatic nitrogens is 4. The van der Waals surface area contributed by atoms with Crippen molar-refractivity contribution in [2.24, 2.45) is 0 Å². The highest BCUT2D eigenvalue weighted by Crippen LogP contribution is 2.31. The van der Waals surface area contributed by atoms with Gasteiger partial charge in [-0.05, 0) is 19.1 Å². The second-order valence-electron chi connectivity index (χ2n) is 4.02. The van der Waals surface area contributed by atoms with E-state index in [-0.39, 0.29) is 15.6 Å². The second kappa shape index (κ2) is 4.69. The van der Waals surface area contributed by atoms with E-state index in [2.05, 4.69) is 23.7 Å². The molecule has 0 fully saturated rings. The first-order valence-corrected chi connectivity index (χ1v) is 8.02. The van der Waals surface area contributed by atoms with Gasteiger partial charge in [0.2, 0.25) is 0 Å². The minimum atomic E-state index is -3.78. The van der Waals surface area contributed by atoms with Crippen LogP contribution in [0.15, 0.2) is 23.2 Å². The smallest absolute Gasteiger partial charge is 0.265 e. The molecule has 0 aliphatic heterocycles. The topological polar surface area (TPSA) is 101 Å². The zero-order valence-electron chi connectivity index (χ0n) is 10.1. The van der Waals surface area contributed by atoms with Crippen molar-refractivity contribution in [3.8, 4) is 0 Å². The maximum Gasteiger partial charge on any atom is 0.265 e. The van der Waals surface area contributed by atoms with Crippen LogP contribution in [0.2, 0.25) is 5.02 Å². The van der Waals surface area contributed by atoms with Gasteiger partial charge in [-0.15, -0.1) is 0 Å². The average molecular weight is 330 g/mol. The predicted molar refractivity (Wildman–Crippen MR) is 76.6 cm³/mol. The molecule has 0 atom stereocenters. The summed E-state index contributed by atoms with van der Waals surface area (Å²) in [5.74, 6) is 0. The molecule has 0 aliphatic rings. The lowest BCUT2D eigenvalue weighted by Crippen LogP contribution is -2.14. The summed E-state index contributed by atoms with van der Waals surface area (Å²) in [4.78, 5) is 0.0637. The van der Waals surface area contributed by atoms with Crippen LogP contribution < -0.4 is 4.72 Å². The van der Waals surface area contributed by atoms with E-state index in [0.717, 1.165) is 11.7 Å². The van der Waals surface area contributed by atoms with Gasteiger partial charge in [0.05, 0.1) is 34.3 Å². The van der Waals surface area contributed by atoms with Crippen molar-refractivity contribution < 1.29 is 8.42 Å². The van der Waals surface area contributed by atoms with Crippen LogP contribution >= 0.6 is 23.3 Å². The number of hydrogen-bond donors (Lipinski definition) is 2. The van der Waals surface area contributed by atoms with Gasteiger partial charge < -0.3 is 0 Å². The van der Waals surface area contributed by atoms with Crippen LogP contribution in [0.1, 0.15) is 5.69 Å². The second-order valence-corrected chi connectivity index (χ2v) is 6.61. The van der Waals surface area contributed by atoms with E-state index in [0.29, 0.717) is 16.7 Å². The molecule has 0 saturated carbocycles. The summed E-state index contributed by atoms with van der Waals surface area (Å²) in [6.07, 6.45) is 1.24. The summed E-state index contributed by atoms with van der Waals surface area (Å²) in [5.41, 5.74) is 1.67. The van der Waals surface area contributed by atoms with E-state index in [1.165, 1.54) is 6.20 Å². The molecule has 2 N–H and O–H groups in total. The molecule has 3 rings (SSSR count). The van der Waals surface area contributed by atoms with Crippen molar-refractivity contribution in [3.05, 3.63) is 29.0 Å². The molecule has 1 aromatic carbocycles. The summed E-state index contributed by atoms with van der Waals surface area (Å²) >= 11 is 7.04. The number of nitrogens with one attached hydrogen (secondary N) is 2. The van der Waals surface area contributed by atoms with E-state index in [9.17, 15) is 8.42 Å². The van der Waals surface area contributed by atoms with Gasteiger partial charge in [-0.2, -0.15) is 13.8 Å². The third-order valence-corrected chi connectivity index (χ3v) is 5.01. The van der Waals surface area contributed by atoms with E-state index < -0.39 is 10.0 Å². The molecule has 2 heterocycles. The number of rotatable bonds is 3. The highest BCUT2D eigenvalue weighted by atomic mass is 35.5. The Kier molecular flexibility index (Phi) is 3.11. The molecule has 2 aromatic heterocycles. The molecule has 0 saturated heterocycles. The number of H-pyrrole nitrogens is 1. The van der Waals surface area contributed by atoms with Gasteiger partial charge in [-0.1, -0.05) is 11.6 Å². The van der Waals surface area contributed by atoms with E-state index in [1.54, 1.807) is 19.1 Å². The molecule has 0 radical (unpaired) electrons. The summed E-state index contributed by atoms with van der Waals surface area (Å²) < 4.78 is 35.2. The zero-order valence-corrected chi connectivity index (χ0v) is 12.5. The minimum absolute atomic E-state index is 0.0637. The van der Waals surface area contributed by atoms with Crippen molar-refractivity contribution >= 4 is 50.1 Å². The first-order valence-electron chi connectivity index (χ1n) is 5.42. The fourth-order valence-electron chi connectivity index (χ4n) is 1.72. The molecule has 7 nitrogen and oxygen atoms in total. The quantitative estimate of drug-likeness (QED) is 0.767. The van der Waals surface area contributed by atoms with Crippen LogP contribution in [-0.2, 0) is 10.0 Å². The van der Waals surface area contributed by atoms with Crippen molar-refractivity contribution in [2.45, 2.75) is 11.8 Å². The lowest BCUT2D eigenvalue weighted by molar-refractivity contribution is 0.600. The Bertz CT molecular complexity index is 886. The molecule has 104 valence electrons. The van der Waals surface area contributed by atoms with Crippen molar-refractivity contribution in [2.75, 3.05) is 4.72 Å². The van der Waals surface area contributed by atoms with Crippen LogP contribution in [0.4, 0.5) is 5.69 Å². The maximum atomic E-state index is 12.3. The maximum absolute atomic E-state index is 12.3. The molecule has 0 unspecified atom stereocenters. The molecule has 0 aliphatic carbocycles.